The molecule has 0 bridgehead atoms. The Kier molecular flexibility index (Phi) is 8.31. The number of nitrogens with zero attached hydrogens (tertiary/aromatic N) is 5. The fourth-order valence-corrected chi connectivity index (χ4v) is 5.44. The summed E-state index contributed by atoms with van der Waals surface area (Å²) in [6.07, 6.45) is 1.53. The molecule has 13 heteroatoms. The Labute approximate surface area is 230 Å². The van der Waals surface area contributed by atoms with Crippen LogP contribution in [0.1, 0.15) is 13.3 Å². The molecule has 1 fully saturated rings. The van der Waals surface area contributed by atoms with E-state index in [2.05, 4.69) is 19.9 Å². The Hall–Kier alpha value is -3.97. The Morgan fingerprint density at radius 3 is 2.60 bits per heavy atom. The zero-order valence-corrected chi connectivity index (χ0v) is 22.7. The number of hydrogen-bond donors (Lipinski definition) is 2. The standard InChI is InChI=1S/C27H29F2N7O3S/c1-2-30-23-10-7-18(17-31-23)26-33-22-9-8-20(32-25(22)27(34-26)36-12-14-39-15-13-36)19-5-3-6-21(24(19)29)35-40(37,38)16-4-11-28/h3,5-10,17,35H,2,4,11-16H2,1H3,(H,30,31). The summed E-state index contributed by atoms with van der Waals surface area (Å²) in [6.45, 7) is 4.21. The number of hydrogen-bond acceptors (Lipinski definition) is 9. The summed E-state index contributed by atoms with van der Waals surface area (Å²) in [7, 11) is -3.91. The van der Waals surface area contributed by atoms with Gasteiger partial charge < -0.3 is 15.0 Å². The van der Waals surface area contributed by atoms with Crippen molar-refractivity contribution >= 4 is 38.4 Å². The van der Waals surface area contributed by atoms with Crippen molar-refractivity contribution in [1.82, 2.24) is 19.9 Å². The van der Waals surface area contributed by atoms with E-state index in [-0.39, 0.29) is 23.4 Å². The summed E-state index contributed by atoms with van der Waals surface area (Å²) in [6, 6.07) is 11.5. The molecule has 0 unspecified atom stereocenters. The van der Waals surface area contributed by atoms with Crippen LogP contribution in [-0.4, -0.2) is 73.6 Å². The molecule has 0 atom stereocenters. The maximum Gasteiger partial charge on any atom is 0.232 e. The van der Waals surface area contributed by atoms with E-state index in [1.807, 2.05) is 19.1 Å². The van der Waals surface area contributed by atoms with Crippen LogP contribution in [0.2, 0.25) is 0 Å². The summed E-state index contributed by atoms with van der Waals surface area (Å²) in [5, 5.41) is 3.16. The first kappa shape index (κ1) is 27.6. The number of rotatable bonds is 10. The predicted octanol–water partition coefficient (Wildman–Crippen LogP) is 4.26. The van der Waals surface area contributed by atoms with Gasteiger partial charge in [-0.15, -0.1) is 0 Å². The van der Waals surface area contributed by atoms with E-state index in [1.54, 1.807) is 18.3 Å². The molecular formula is C27H29F2N7O3S. The van der Waals surface area contributed by atoms with Crippen molar-refractivity contribution < 1.29 is 21.9 Å². The van der Waals surface area contributed by atoms with Crippen molar-refractivity contribution in [1.29, 1.82) is 0 Å². The lowest BCUT2D eigenvalue weighted by molar-refractivity contribution is 0.122. The SMILES string of the molecule is CCNc1ccc(-c2nc(N3CCOCC3)c3nc(-c4cccc(NS(=O)(=O)CCCF)c4F)ccc3n2)cn1. The number of anilines is 3. The van der Waals surface area contributed by atoms with Gasteiger partial charge in [0.15, 0.2) is 17.5 Å². The molecule has 10 nitrogen and oxygen atoms in total. The van der Waals surface area contributed by atoms with Crippen molar-refractivity contribution in [3.05, 3.63) is 54.5 Å². The zero-order chi connectivity index (χ0) is 28.1. The summed E-state index contributed by atoms with van der Waals surface area (Å²) in [5.74, 6) is 0.590. The van der Waals surface area contributed by atoms with Gasteiger partial charge in [0.05, 0.1) is 42.5 Å². The third kappa shape index (κ3) is 6.10. The summed E-state index contributed by atoms with van der Waals surface area (Å²) >= 11 is 0. The molecule has 5 rings (SSSR count). The van der Waals surface area contributed by atoms with Crippen LogP contribution in [0.5, 0.6) is 0 Å². The van der Waals surface area contributed by atoms with Crippen LogP contribution in [0.4, 0.5) is 26.1 Å². The lowest BCUT2D eigenvalue weighted by Gasteiger charge is -2.28. The molecule has 1 aliphatic heterocycles. The molecule has 0 saturated carbocycles. The van der Waals surface area contributed by atoms with Crippen LogP contribution < -0.4 is 14.9 Å². The quantitative estimate of drug-likeness (QED) is 0.288. The number of pyridine rings is 2. The Morgan fingerprint density at radius 2 is 1.88 bits per heavy atom. The van der Waals surface area contributed by atoms with Crippen molar-refractivity contribution in [3.8, 4) is 22.6 Å². The minimum Gasteiger partial charge on any atom is -0.378 e. The van der Waals surface area contributed by atoms with E-state index in [1.165, 1.54) is 18.2 Å². The van der Waals surface area contributed by atoms with Gasteiger partial charge in [-0.05, 0) is 49.7 Å². The van der Waals surface area contributed by atoms with Crippen LogP contribution in [0.25, 0.3) is 33.7 Å². The first-order chi connectivity index (χ1) is 19.4. The highest BCUT2D eigenvalue weighted by molar-refractivity contribution is 7.92. The third-order valence-electron chi connectivity index (χ3n) is 6.30. The van der Waals surface area contributed by atoms with Gasteiger partial charge in [-0.1, -0.05) is 6.07 Å². The molecule has 4 aromatic rings. The number of ether oxygens (including phenoxy) is 1. The average molecular weight is 570 g/mol. The number of aromatic nitrogens is 4. The van der Waals surface area contributed by atoms with E-state index in [0.29, 0.717) is 49.0 Å². The van der Waals surface area contributed by atoms with Gasteiger partial charge in [0.1, 0.15) is 11.3 Å². The Bertz CT molecular complexity index is 1600. The largest absolute Gasteiger partial charge is 0.378 e. The van der Waals surface area contributed by atoms with E-state index in [9.17, 15) is 12.8 Å². The number of sulfonamides is 1. The second-order valence-electron chi connectivity index (χ2n) is 9.13. The molecule has 1 saturated heterocycles. The lowest BCUT2D eigenvalue weighted by Crippen LogP contribution is -2.37. The van der Waals surface area contributed by atoms with Gasteiger partial charge in [0.25, 0.3) is 0 Å². The topological polar surface area (TPSA) is 122 Å². The highest BCUT2D eigenvalue weighted by Gasteiger charge is 2.22. The fourth-order valence-electron chi connectivity index (χ4n) is 4.36. The van der Waals surface area contributed by atoms with Gasteiger partial charge in [-0.3, -0.25) is 9.11 Å². The van der Waals surface area contributed by atoms with E-state index in [4.69, 9.17) is 19.7 Å². The Balaban J connectivity index is 1.57. The predicted molar refractivity (Wildman–Crippen MR) is 151 cm³/mol. The minimum absolute atomic E-state index is 0.104. The molecule has 0 radical (unpaired) electrons. The molecule has 3 aromatic heterocycles. The summed E-state index contributed by atoms with van der Waals surface area (Å²) in [4.78, 5) is 20.8. The van der Waals surface area contributed by atoms with E-state index in [0.717, 1.165) is 17.9 Å². The minimum atomic E-state index is -3.91. The Morgan fingerprint density at radius 1 is 1.05 bits per heavy atom. The normalized spacial score (nSPS) is 13.9. The number of morpholine rings is 1. The molecule has 1 aromatic carbocycles. The third-order valence-corrected chi connectivity index (χ3v) is 7.66. The van der Waals surface area contributed by atoms with Gasteiger partial charge in [-0.2, -0.15) is 0 Å². The maximum absolute atomic E-state index is 15.5. The first-order valence-corrected chi connectivity index (χ1v) is 14.6. The molecule has 2 N–H and O–H groups in total. The number of nitrogens with one attached hydrogen (secondary N) is 2. The van der Waals surface area contributed by atoms with Crippen molar-refractivity contribution in [2.24, 2.45) is 0 Å². The number of fused-ring (bicyclic) bond motifs is 1. The van der Waals surface area contributed by atoms with Gasteiger partial charge in [-0.25, -0.2) is 32.7 Å². The van der Waals surface area contributed by atoms with Gasteiger partial charge in [0, 0.05) is 37.0 Å². The number of alkyl halides is 1. The summed E-state index contributed by atoms with van der Waals surface area (Å²) in [5.41, 5.74) is 1.95. The highest BCUT2D eigenvalue weighted by atomic mass is 32.2. The fraction of sp³-hybridized carbons (Fsp3) is 0.333. The van der Waals surface area contributed by atoms with Gasteiger partial charge >= 0.3 is 0 Å². The zero-order valence-electron chi connectivity index (χ0n) is 21.9. The van der Waals surface area contributed by atoms with Gasteiger partial charge in [0.2, 0.25) is 10.0 Å². The van der Waals surface area contributed by atoms with Crippen LogP contribution in [0.15, 0.2) is 48.7 Å². The molecular weight excluding hydrogens is 540 g/mol. The molecule has 1 aliphatic rings. The average Bonchev–Trinajstić information content (AvgIpc) is 2.97. The molecule has 210 valence electrons. The monoisotopic (exact) mass is 569 g/mol. The number of halogens is 2. The van der Waals surface area contributed by atoms with Crippen LogP contribution >= 0.6 is 0 Å². The van der Waals surface area contributed by atoms with Crippen LogP contribution in [0, 0.1) is 5.82 Å². The van der Waals surface area contributed by atoms with E-state index >= 15 is 4.39 Å². The van der Waals surface area contributed by atoms with E-state index < -0.39 is 28.3 Å². The molecule has 0 spiro atoms. The molecule has 0 aliphatic carbocycles. The first-order valence-electron chi connectivity index (χ1n) is 13.0. The molecule has 4 heterocycles. The second-order valence-corrected chi connectivity index (χ2v) is 11.0. The van der Waals surface area contributed by atoms with Crippen LogP contribution in [0.3, 0.4) is 0 Å². The second kappa shape index (κ2) is 12.0. The highest BCUT2D eigenvalue weighted by Crippen LogP contribution is 2.32. The maximum atomic E-state index is 15.5. The molecule has 0 amide bonds. The van der Waals surface area contributed by atoms with Crippen LogP contribution in [-0.2, 0) is 14.8 Å². The van der Waals surface area contributed by atoms with Crippen molar-refractivity contribution in [2.75, 3.05) is 60.2 Å². The number of benzene rings is 1. The lowest BCUT2D eigenvalue weighted by atomic mass is 10.1. The van der Waals surface area contributed by atoms with Crippen molar-refractivity contribution in [2.45, 2.75) is 13.3 Å². The smallest absolute Gasteiger partial charge is 0.232 e. The van der Waals surface area contributed by atoms with Crippen molar-refractivity contribution in [3.63, 3.8) is 0 Å². The summed E-state index contributed by atoms with van der Waals surface area (Å²) < 4.78 is 60.3. The molecule has 40 heavy (non-hydrogen) atoms.